The predicted molar refractivity (Wildman–Crippen MR) is 133 cm³/mol. The van der Waals surface area contributed by atoms with Crippen LogP contribution in [-0.4, -0.2) is 72.1 Å². The summed E-state index contributed by atoms with van der Waals surface area (Å²) in [6, 6.07) is 11.8. The SMILES string of the molecule is C[C@H]1Cc2cc(C(O)=C3C(=O)C(=O)N(CCCN4CCOCC4)[C@@H]3c3cccc(Cl)c3)ccc2O1. The van der Waals surface area contributed by atoms with Gasteiger partial charge in [-0.3, -0.25) is 14.5 Å². The van der Waals surface area contributed by atoms with Crippen molar-refractivity contribution in [3.63, 3.8) is 0 Å². The van der Waals surface area contributed by atoms with Crippen molar-refractivity contribution in [3.8, 4) is 5.75 Å². The normalized spacial score (nSPS) is 24.0. The van der Waals surface area contributed by atoms with Crippen LogP contribution < -0.4 is 4.74 Å². The van der Waals surface area contributed by atoms with Crippen LogP contribution >= 0.6 is 11.6 Å². The molecule has 0 saturated carbocycles. The predicted octanol–water partition coefficient (Wildman–Crippen LogP) is 3.81. The van der Waals surface area contributed by atoms with E-state index in [1.54, 1.807) is 35.2 Å². The summed E-state index contributed by atoms with van der Waals surface area (Å²) in [5.74, 6) is -0.670. The molecule has 3 aliphatic heterocycles. The van der Waals surface area contributed by atoms with E-state index in [4.69, 9.17) is 21.1 Å². The van der Waals surface area contributed by atoms with E-state index in [1.165, 1.54) is 0 Å². The number of benzene rings is 2. The molecule has 5 rings (SSSR count). The van der Waals surface area contributed by atoms with Gasteiger partial charge < -0.3 is 19.5 Å². The third-order valence-corrected chi connectivity index (χ3v) is 7.09. The Balaban J connectivity index is 1.48. The maximum absolute atomic E-state index is 13.3. The van der Waals surface area contributed by atoms with Gasteiger partial charge in [-0.25, -0.2) is 0 Å². The van der Waals surface area contributed by atoms with Crippen LogP contribution in [0.2, 0.25) is 5.02 Å². The minimum absolute atomic E-state index is 0.0610. The van der Waals surface area contributed by atoms with E-state index in [0.717, 1.165) is 37.4 Å². The number of Topliss-reactive ketones (excluding diaryl/α,β-unsaturated/α-hetero) is 1. The molecule has 0 aliphatic carbocycles. The summed E-state index contributed by atoms with van der Waals surface area (Å²) in [7, 11) is 0. The highest BCUT2D eigenvalue weighted by Gasteiger charge is 2.46. The molecule has 2 saturated heterocycles. The van der Waals surface area contributed by atoms with Gasteiger partial charge >= 0.3 is 0 Å². The molecule has 184 valence electrons. The Kier molecular flexibility index (Phi) is 6.82. The quantitative estimate of drug-likeness (QED) is 0.372. The molecule has 3 aliphatic rings. The van der Waals surface area contributed by atoms with Gasteiger partial charge in [-0.2, -0.15) is 0 Å². The van der Waals surface area contributed by atoms with Gasteiger partial charge in [0.15, 0.2) is 0 Å². The first kappa shape index (κ1) is 23.9. The Hall–Kier alpha value is -2.87. The number of morpholine rings is 1. The van der Waals surface area contributed by atoms with Crippen LogP contribution in [0.3, 0.4) is 0 Å². The lowest BCUT2D eigenvalue weighted by molar-refractivity contribution is -0.140. The first-order valence-electron chi connectivity index (χ1n) is 12.1. The van der Waals surface area contributed by atoms with Crippen LogP contribution in [0.4, 0.5) is 0 Å². The fourth-order valence-corrected chi connectivity index (χ4v) is 5.35. The zero-order valence-electron chi connectivity index (χ0n) is 19.7. The molecule has 1 amide bonds. The molecule has 7 nitrogen and oxygen atoms in total. The molecule has 0 aromatic heterocycles. The van der Waals surface area contributed by atoms with Crippen molar-refractivity contribution in [3.05, 3.63) is 69.8 Å². The van der Waals surface area contributed by atoms with Crippen LogP contribution in [-0.2, 0) is 20.7 Å². The van der Waals surface area contributed by atoms with Crippen LogP contribution in [0.1, 0.15) is 36.1 Å². The number of aliphatic hydroxyl groups excluding tert-OH is 1. The molecule has 0 unspecified atom stereocenters. The lowest BCUT2D eigenvalue weighted by Crippen LogP contribution is -2.38. The van der Waals surface area contributed by atoms with Crippen LogP contribution in [0, 0.1) is 0 Å². The molecule has 8 heteroatoms. The molecule has 0 spiro atoms. The van der Waals surface area contributed by atoms with Crippen molar-refractivity contribution >= 4 is 29.1 Å². The van der Waals surface area contributed by atoms with Crippen molar-refractivity contribution in [2.24, 2.45) is 0 Å². The number of aliphatic hydroxyl groups is 1. The lowest BCUT2D eigenvalue weighted by Gasteiger charge is -2.29. The van der Waals surface area contributed by atoms with Gasteiger partial charge in [0.25, 0.3) is 11.7 Å². The molecule has 1 N–H and O–H groups in total. The number of amides is 1. The number of fused-ring (bicyclic) bond motifs is 1. The van der Waals surface area contributed by atoms with Gasteiger partial charge in [0.05, 0.1) is 24.8 Å². The first-order chi connectivity index (χ1) is 16.9. The third kappa shape index (κ3) is 4.81. The lowest BCUT2D eigenvalue weighted by atomic mass is 9.94. The van der Waals surface area contributed by atoms with E-state index < -0.39 is 17.7 Å². The number of hydrogen-bond donors (Lipinski definition) is 1. The van der Waals surface area contributed by atoms with E-state index in [0.29, 0.717) is 42.3 Å². The van der Waals surface area contributed by atoms with E-state index >= 15 is 0 Å². The summed E-state index contributed by atoms with van der Waals surface area (Å²) in [6.07, 6.45) is 1.49. The van der Waals surface area contributed by atoms with E-state index in [1.807, 2.05) is 19.1 Å². The highest BCUT2D eigenvalue weighted by Crippen LogP contribution is 2.41. The molecule has 0 bridgehead atoms. The van der Waals surface area contributed by atoms with Crippen molar-refractivity contribution in [2.45, 2.75) is 31.9 Å². The highest BCUT2D eigenvalue weighted by atomic mass is 35.5. The first-order valence-corrected chi connectivity index (χ1v) is 12.4. The van der Waals surface area contributed by atoms with Gasteiger partial charge in [-0.15, -0.1) is 0 Å². The van der Waals surface area contributed by atoms with E-state index in [-0.39, 0.29) is 17.4 Å². The maximum Gasteiger partial charge on any atom is 0.295 e. The van der Waals surface area contributed by atoms with Crippen molar-refractivity contribution < 1.29 is 24.2 Å². The second-order valence-corrected chi connectivity index (χ2v) is 9.75. The van der Waals surface area contributed by atoms with Crippen molar-refractivity contribution in [1.82, 2.24) is 9.80 Å². The van der Waals surface area contributed by atoms with Crippen LogP contribution in [0.15, 0.2) is 48.0 Å². The van der Waals surface area contributed by atoms with Crippen molar-refractivity contribution in [1.29, 1.82) is 0 Å². The van der Waals surface area contributed by atoms with Crippen LogP contribution in [0.25, 0.3) is 5.76 Å². The Bertz CT molecular complexity index is 1170. The molecule has 2 aromatic carbocycles. The molecule has 2 atom stereocenters. The Morgan fingerprint density at radius 1 is 1.11 bits per heavy atom. The number of ether oxygens (including phenoxy) is 2. The number of likely N-dealkylation sites (tertiary alicyclic amines) is 1. The summed E-state index contributed by atoms with van der Waals surface area (Å²) >= 11 is 6.27. The molecule has 0 radical (unpaired) electrons. The summed E-state index contributed by atoms with van der Waals surface area (Å²) in [6.45, 7) is 6.31. The molecular weight excluding hydrogens is 468 g/mol. The minimum Gasteiger partial charge on any atom is -0.507 e. The van der Waals surface area contributed by atoms with Gasteiger partial charge in [0.2, 0.25) is 0 Å². The fourth-order valence-electron chi connectivity index (χ4n) is 5.15. The number of hydrogen-bond acceptors (Lipinski definition) is 6. The Labute approximate surface area is 209 Å². The van der Waals surface area contributed by atoms with Crippen molar-refractivity contribution in [2.75, 3.05) is 39.4 Å². The number of carbonyl (C=O) groups excluding carboxylic acids is 2. The summed E-state index contributed by atoms with van der Waals surface area (Å²) < 4.78 is 11.2. The summed E-state index contributed by atoms with van der Waals surface area (Å²) in [4.78, 5) is 30.3. The summed E-state index contributed by atoms with van der Waals surface area (Å²) in [5, 5.41) is 11.8. The monoisotopic (exact) mass is 496 g/mol. The summed E-state index contributed by atoms with van der Waals surface area (Å²) in [5.41, 5.74) is 2.26. The molecule has 3 heterocycles. The average molecular weight is 497 g/mol. The number of carbonyl (C=O) groups is 2. The maximum atomic E-state index is 13.3. The van der Waals surface area contributed by atoms with E-state index in [2.05, 4.69) is 4.90 Å². The molecular formula is C27H29ClN2O5. The molecule has 35 heavy (non-hydrogen) atoms. The number of ketones is 1. The number of nitrogens with zero attached hydrogens (tertiary/aromatic N) is 2. The topological polar surface area (TPSA) is 79.3 Å². The number of rotatable bonds is 6. The zero-order valence-corrected chi connectivity index (χ0v) is 20.5. The second-order valence-electron chi connectivity index (χ2n) is 9.31. The van der Waals surface area contributed by atoms with Gasteiger partial charge in [-0.05, 0) is 54.8 Å². The molecule has 2 aromatic rings. The van der Waals surface area contributed by atoms with Crippen LogP contribution in [0.5, 0.6) is 5.75 Å². The minimum atomic E-state index is -0.707. The average Bonchev–Trinajstić information content (AvgIpc) is 3.35. The van der Waals surface area contributed by atoms with Gasteiger partial charge in [-0.1, -0.05) is 23.7 Å². The van der Waals surface area contributed by atoms with Gasteiger partial charge in [0.1, 0.15) is 17.6 Å². The van der Waals surface area contributed by atoms with Gasteiger partial charge in [0, 0.05) is 43.2 Å². The van der Waals surface area contributed by atoms with E-state index in [9.17, 15) is 14.7 Å². The highest BCUT2D eigenvalue weighted by molar-refractivity contribution is 6.46. The standard InChI is InChI=1S/C27H29ClN2O5/c1-17-14-20-15-19(6-7-22(20)35-17)25(31)23-24(18-4-2-5-21(28)16-18)30(27(33)26(23)32)9-3-8-29-10-12-34-13-11-29/h2,4-7,15-17,24,31H,3,8-14H2,1H3/t17-,24+/m0/s1. The third-order valence-electron chi connectivity index (χ3n) is 6.85. The Morgan fingerprint density at radius 2 is 1.91 bits per heavy atom. The fraction of sp³-hybridized carbons (Fsp3) is 0.407. The largest absolute Gasteiger partial charge is 0.507 e. The molecule has 2 fully saturated rings. The smallest absolute Gasteiger partial charge is 0.295 e. The Morgan fingerprint density at radius 3 is 2.69 bits per heavy atom. The zero-order chi connectivity index (χ0) is 24.5. The second kappa shape index (κ2) is 10.0. The number of halogens is 1.